The molecule has 0 spiro atoms. The Bertz CT molecular complexity index is 1800. The van der Waals surface area contributed by atoms with Crippen LogP contribution in [0.1, 0.15) is 44.5 Å². The molecule has 0 aromatic heterocycles. The summed E-state index contributed by atoms with van der Waals surface area (Å²) in [7, 11) is 0. The van der Waals surface area contributed by atoms with Crippen molar-refractivity contribution in [1.29, 1.82) is 0 Å². The van der Waals surface area contributed by atoms with E-state index in [1.54, 1.807) is 0 Å². The molecule has 6 aromatic rings. The first-order valence-corrected chi connectivity index (χ1v) is 17.5. The van der Waals surface area contributed by atoms with E-state index < -0.39 is 0 Å². The van der Waals surface area contributed by atoms with Crippen molar-refractivity contribution in [3.63, 3.8) is 0 Å². The summed E-state index contributed by atoms with van der Waals surface area (Å²) in [4.78, 5) is 4.70. The molecule has 0 N–H and O–H groups in total. The number of hydrogen-bond acceptors (Lipinski definition) is 3. The third kappa shape index (κ3) is 7.64. The lowest BCUT2D eigenvalue weighted by molar-refractivity contribution is 1.24. The fraction of sp³-hybridized carbons (Fsp3) is 0.182. The zero-order chi connectivity index (χ0) is 32.9. The summed E-state index contributed by atoms with van der Waals surface area (Å²) >= 11 is 1.96. The average molecular weight is 633 g/mol. The van der Waals surface area contributed by atoms with Gasteiger partial charge in [-0.05, 0) is 148 Å². The predicted octanol–water partition coefficient (Wildman–Crippen LogP) is 12.9. The Balaban J connectivity index is 1.15. The lowest BCUT2D eigenvalue weighted by Crippen LogP contribution is -2.10. The minimum atomic E-state index is 0.967. The molecule has 0 amide bonds. The second-order valence-electron chi connectivity index (χ2n) is 12.7. The summed E-state index contributed by atoms with van der Waals surface area (Å²) in [5, 5.41) is 0. The molecule has 0 fully saturated rings. The van der Waals surface area contributed by atoms with Crippen molar-refractivity contribution in [2.45, 2.75) is 53.0 Å². The summed E-state index contributed by atoms with van der Waals surface area (Å²) in [5.74, 6) is 1.93. The van der Waals surface area contributed by atoms with Crippen molar-refractivity contribution < 1.29 is 0 Å². The molecule has 0 atom stereocenters. The average Bonchev–Trinajstić information content (AvgIpc) is 3.08. The molecule has 0 aliphatic heterocycles. The van der Waals surface area contributed by atoms with Gasteiger partial charge in [0.1, 0.15) is 0 Å². The Morgan fingerprint density at radius 1 is 0.340 bits per heavy atom. The van der Waals surface area contributed by atoms with Gasteiger partial charge in [0.15, 0.2) is 0 Å². The molecule has 0 aliphatic rings. The van der Waals surface area contributed by atoms with Crippen LogP contribution in [0.5, 0.6) is 0 Å². The van der Waals surface area contributed by atoms with Gasteiger partial charge in [-0.25, -0.2) is 0 Å². The summed E-state index contributed by atoms with van der Waals surface area (Å²) in [6.45, 7) is 13.0. The quantitative estimate of drug-likeness (QED) is 0.148. The zero-order valence-corrected chi connectivity index (χ0v) is 29.2. The van der Waals surface area contributed by atoms with Crippen molar-refractivity contribution >= 4 is 45.9 Å². The Hall–Kier alpha value is -4.73. The molecule has 236 valence electrons. The number of hydrogen-bond donors (Lipinski definition) is 0. The van der Waals surface area contributed by atoms with Crippen molar-refractivity contribution in [3.8, 4) is 0 Å². The van der Waals surface area contributed by atoms with E-state index >= 15 is 0 Å². The van der Waals surface area contributed by atoms with E-state index in [0.29, 0.717) is 0 Å². The molecule has 0 saturated carbocycles. The van der Waals surface area contributed by atoms with Gasteiger partial charge in [0, 0.05) is 45.6 Å². The Labute approximate surface area is 285 Å². The molecule has 47 heavy (non-hydrogen) atoms. The van der Waals surface area contributed by atoms with Gasteiger partial charge in [-0.15, -0.1) is 0 Å². The van der Waals surface area contributed by atoms with Gasteiger partial charge in [0.2, 0.25) is 0 Å². The third-order valence-electron chi connectivity index (χ3n) is 9.01. The fourth-order valence-corrected chi connectivity index (χ4v) is 6.74. The molecule has 0 saturated heterocycles. The molecule has 0 heterocycles. The summed E-state index contributed by atoms with van der Waals surface area (Å²) in [6, 6.07) is 49.1. The topological polar surface area (TPSA) is 6.48 Å². The number of anilines is 6. The van der Waals surface area contributed by atoms with Crippen LogP contribution in [0.25, 0.3) is 0 Å². The number of rotatable bonds is 10. The Kier molecular flexibility index (Phi) is 9.84. The molecular formula is C44H44N2S. The van der Waals surface area contributed by atoms with Crippen LogP contribution in [0.2, 0.25) is 0 Å². The second kappa shape index (κ2) is 14.4. The van der Waals surface area contributed by atoms with Gasteiger partial charge in [-0.1, -0.05) is 71.8 Å². The molecule has 6 aromatic carbocycles. The van der Waals surface area contributed by atoms with E-state index in [0.717, 1.165) is 11.5 Å². The van der Waals surface area contributed by atoms with Crippen LogP contribution in [0.15, 0.2) is 133 Å². The highest BCUT2D eigenvalue weighted by molar-refractivity contribution is 7.97. The lowest BCUT2D eigenvalue weighted by atomic mass is 10.1. The van der Waals surface area contributed by atoms with Crippen molar-refractivity contribution in [1.82, 2.24) is 0 Å². The van der Waals surface area contributed by atoms with Crippen LogP contribution < -0.4 is 9.80 Å². The largest absolute Gasteiger partial charge is 0.310 e. The minimum Gasteiger partial charge on any atom is -0.310 e. The van der Waals surface area contributed by atoms with E-state index in [9.17, 15) is 0 Å². The first-order chi connectivity index (χ1) is 22.7. The van der Waals surface area contributed by atoms with Gasteiger partial charge in [-0.2, -0.15) is 11.8 Å². The smallest absolute Gasteiger partial charge is 0.0464 e. The Morgan fingerprint density at radius 3 is 0.957 bits per heavy atom. The number of benzene rings is 6. The highest BCUT2D eigenvalue weighted by atomic mass is 32.2. The number of aryl methyl sites for hydroxylation is 6. The molecule has 3 heteroatoms. The summed E-state index contributed by atoms with van der Waals surface area (Å²) < 4.78 is 0. The maximum Gasteiger partial charge on any atom is 0.0464 e. The molecule has 2 nitrogen and oxygen atoms in total. The summed E-state index contributed by atoms with van der Waals surface area (Å²) in [5.41, 5.74) is 17.5. The monoisotopic (exact) mass is 632 g/mol. The molecule has 6 rings (SSSR count). The SMILES string of the molecule is Cc1ccc(N(c2ccc(CSCc3ccc(N(c4ccc(C)cc4)c4ccc(C)c(C)c4)cc3)cc2)c2ccc(C)c(C)c2)cc1. The second-order valence-corrected chi connectivity index (χ2v) is 13.7. The standard InChI is InChI=1S/C44H44N2S/c1-31-7-17-39(18-8-31)45(43-21-11-33(3)35(5)27-43)41-23-13-37(14-24-41)29-47-30-38-15-25-42(26-16-38)46(40-19-9-32(2)10-20-40)44-22-12-34(4)36(6)28-44/h7-28H,29-30H2,1-6H3. The van der Waals surface area contributed by atoms with Gasteiger partial charge < -0.3 is 9.80 Å². The van der Waals surface area contributed by atoms with E-state index in [2.05, 4.69) is 185 Å². The fourth-order valence-electron chi connectivity index (χ4n) is 5.78. The number of thioether (sulfide) groups is 1. The molecule has 0 bridgehead atoms. The van der Waals surface area contributed by atoms with E-state index in [1.807, 2.05) is 11.8 Å². The third-order valence-corrected chi connectivity index (χ3v) is 10.1. The maximum atomic E-state index is 2.35. The van der Waals surface area contributed by atoms with Crippen LogP contribution in [0, 0.1) is 41.5 Å². The normalized spacial score (nSPS) is 11.0. The van der Waals surface area contributed by atoms with Gasteiger partial charge in [0.05, 0.1) is 0 Å². The van der Waals surface area contributed by atoms with E-state index in [1.165, 1.54) is 78.6 Å². The van der Waals surface area contributed by atoms with Gasteiger partial charge in [-0.3, -0.25) is 0 Å². The number of nitrogens with zero attached hydrogens (tertiary/aromatic N) is 2. The lowest BCUT2D eigenvalue weighted by Gasteiger charge is -2.26. The van der Waals surface area contributed by atoms with Crippen LogP contribution in [0.3, 0.4) is 0 Å². The van der Waals surface area contributed by atoms with E-state index in [-0.39, 0.29) is 0 Å². The highest BCUT2D eigenvalue weighted by Gasteiger charge is 2.15. The first kappa shape index (κ1) is 32.2. The molecule has 0 radical (unpaired) electrons. The van der Waals surface area contributed by atoms with Crippen LogP contribution >= 0.6 is 11.8 Å². The van der Waals surface area contributed by atoms with Crippen molar-refractivity contribution in [2.75, 3.05) is 9.80 Å². The molecular weight excluding hydrogens is 589 g/mol. The predicted molar refractivity (Wildman–Crippen MR) is 206 cm³/mol. The molecule has 0 aliphatic carbocycles. The highest BCUT2D eigenvalue weighted by Crippen LogP contribution is 2.37. The van der Waals surface area contributed by atoms with Crippen LogP contribution in [-0.4, -0.2) is 0 Å². The Morgan fingerprint density at radius 2 is 0.638 bits per heavy atom. The van der Waals surface area contributed by atoms with Crippen LogP contribution in [0.4, 0.5) is 34.1 Å². The van der Waals surface area contributed by atoms with Crippen molar-refractivity contribution in [3.05, 3.63) is 178 Å². The van der Waals surface area contributed by atoms with Crippen molar-refractivity contribution in [2.24, 2.45) is 0 Å². The maximum absolute atomic E-state index is 2.35. The van der Waals surface area contributed by atoms with Gasteiger partial charge >= 0.3 is 0 Å². The van der Waals surface area contributed by atoms with Crippen LogP contribution in [-0.2, 0) is 11.5 Å². The molecule has 0 unspecified atom stereocenters. The van der Waals surface area contributed by atoms with E-state index in [4.69, 9.17) is 0 Å². The minimum absolute atomic E-state index is 0.967. The van der Waals surface area contributed by atoms with Gasteiger partial charge in [0.25, 0.3) is 0 Å². The first-order valence-electron chi connectivity index (χ1n) is 16.4. The summed E-state index contributed by atoms with van der Waals surface area (Å²) in [6.07, 6.45) is 0. The zero-order valence-electron chi connectivity index (χ0n) is 28.4.